The van der Waals surface area contributed by atoms with E-state index in [2.05, 4.69) is 0 Å². The third kappa shape index (κ3) is 3.59. The predicted octanol–water partition coefficient (Wildman–Crippen LogP) is 2.28. The molecule has 0 bridgehead atoms. The first-order valence-corrected chi connectivity index (χ1v) is 8.79. The number of piperazine rings is 1. The van der Waals surface area contributed by atoms with Gasteiger partial charge in [0.2, 0.25) is 5.91 Å². The van der Waals surface area contributed by atoms with Gasteiger partial charge in [0.05, 0.1) is 18.4 Å². The lowest BCUT2D eigenvalue weighted by molar-refractivity contribution is -0.131. The van der Waals surface area contributed by atoms with Crippen molar-refractivity contribution in [3.8, 4) is 5.75 Å². The zero-order valence-electron chi connectivity index (χ0n) is 13.6. The monoisotopic (exact) mass is 344 g/mol. The number of hydrogen-bond donors (Lipinski definition) is 0. The molecule has 24 heavy (non-hydrogen) atoms. The number of rotatable bonds is 4. The Balaban J connectivity index is 1.56. The van der Waals surface area contributed by atoms with Gasteiger partial charge in [-0.05, 0) is 17.5 Å². The van der Waals surface area contributed by atoms with Gasteiger partial charge in [0, 0.05) is 31.7 Å². The highest BCUT2D eigenvalue weighted by atomic mass is 32.1. The average Bonchev–Trinajstić information content (AvgIpc) is 3.16. The minimum absolute atomic E-state index is 0.0572. The molecular weight excluding hydrogens is 324 g/mol. The van der Waals surface area contributed by atoms with Crippen LogP contribution in [0.2, 0.25) is 0 Å². The molecule has 1 fully saturated rings. The summed E-state index contributed by atoms with van der Waals surface area (Å²) in [4.78, 5) is 29.2. The molecule has 1 aliphatic rings. The van der Waals surface area contributed by atoms with Crippen LogP contribution in [-0.4, -0.2) is 54.9 Å². The molecule has 1 saturated heterocycles. The maximum atomic E-state index is 12.5. The van der Waals surface area contributed by atoms with Crippen molar-refractivity contribution in [2.75, 3.05) is 33.3 Å². The summed E-state index contributed by atoms with van der Waals surface area (Å²) >= 11 is 1.45. The predicted molar refractivity (Wildman–Crippen MR) is 93.5 cm³/mol. The fraction of sp³-hybridized carbons (Fsp3) is 0.333. The number of methoxy groups -OCH3 is 1. The normalized spacial score (nSPS) is 14.5. The average molecular weight is 344 g/mol. The van der Waals surface area contributed by atoms with Gasteiger partial charge in [-0.25, -0.2) is 0 Å². The van der Waals surface area contributed by atoms with E-state index in [1.165, 1.54) is 11.3 Å². The summed E-state index contributed by atoms with van der Waals surface area (Å²) in [6.45, 7) is 2.30. The summed E-state index contributed by atoms with van der Waals surface area (Å²) in [6, 6.07) is 11.3. The van der Waals surface area contributed by atoms with Crippen molar-refractivity contribution in [1.29, 1.82) is 0 Å². The van der Waals surface area contributed by atoms with E-state index in [0.717, 1.165) is 16.2 Å². The molecule has 126 valence electrons. The zero-order valence-corrected chi connectivity index (χ0v) is 14.4. The maximum Gasteiger partial charge on any atom is 0.264 e. The number of hydrogen-bond acceptors (Lipinski definition) is 4. The standard InChI is InChI=1S/C18H20N2O3S/c1-23-15-6-3-2-5-14(15)13-17(21)19-8-10-20(11-9-19)18(22)16-7-4-12-24-16/h2-7,12H,8-11,13H2,1H3. The molecule has 1 aromatic carbocycles. The van der Waals surface area contributed by atoms with Crippen LogP contribution in [0.25, 0.3) is 0 Å². The molecule has 1 aliphatic heterocycles. The van der Waals surface area contributed by atoms with Crippen molar-refractivity contribution in [3.63, 3.8) is 0 Å². The summed E-state index contributed by atoms with van der Waals surface area (Å²) in [5.41, 5.74) is 0.891. The van der Waals surface area contributed by atoms with Crippen LogP contribution in [0.4, 0.5) is 0 Å². The Morgan fingerprint density at radius 1 is 1.04 bits per heavy atom. The summed E-state index contributed by atoms with van der Waals surface area (Å²) < 4.78 is 5.30. The van der Waals surface area contributed by atoms with E-state index < -0.39 is 0 Å². The van der Waals surface area contributed by atoms with Gasteiger partial charge in [-0.15, -0.1) is 11.3 Å². The van der Waals surface area contributed by atoms with Gasteiger partial charge in [-0.3, -0.25) is 9.59 Å². The zero-order chi connectivity index (χ0) is 16.9. The SMILES string of the molecule is COc1ccccc1CC(=O)N1CCN(C(=O)c2cccs2)CC1. The lowest BCUT2D eigenvalue weighted by Crippen LogP contribution is -2.50. The molecule has 2 heterocycles. The first-order valence-electron chi connectivity index (χ1n) is 7.91. The van der Waals surface area contributed by atoms with Gasteiger partial charge >= 0.3 is 0 Å². The molecular formula is C18H20N2O3S. The fourth-order valence-electron chi connectivity index (χ4n) is 2.84. The van der Waals surface area contributed by atoms with Crippen molar-refractivity contribution in [1.82, 2.24) is 9.80 Å². The van der Waals surface area contributed by atoms with E-state index in [1.807, 2.05) is 51.6 Å². The molecule has 0 saturated carbocycles. The second-order valence-electron chi connectivity index (χ2n) is 5.64. The largest absolute Gasteiger partial charge is 0.496 e. The highest BCUT2D eigenvalue weighted by molar-refractivity contribution is 7.12. The molecule has 2 amide bonds. The Morgan fingerprint density at radius 2 is 1.75 bits per heavy atom. The molecule has 0 aliphatic carbocycles. The molecule has 1 aromatic heterocycles. The van der Waals surface area contributed by atoms with Crippen LogP contribution in [0.3, 0.4) is 0 Å². The van der Waals surface area contributed by atoms with Crippen molar-refractivity contribution < 1.29 is 14.3 Å². The number of ether oxygens (including phenoxy) is 1. The Hall–Kier alpha value is -2.34. The van der Waals surface area contributed by atoms with E-state index in [0.29, 0.717) is 32.6 Å². The Bertz CT molecular complexity index is 707. The Kier molecular flexibility index (Phi) is 5.15. The summed E-state index contributed by atoms with van der Waals surface area (Å²) in [7, 11) is 1.61. The molecule has 2 aromatic rings. The minimum Gasteiger partial charge on any atom is -0.496 e. The van der Waals surface area contributed by atoms with Crippen LogP contribution in [0, 0.1) is 0 Å². The number of carbonyl (C=O) groups excluding carboxylic acids is 2. The Morgan fingerprint density at radius 3 is 2.42 bits per heavy atom. The first kappa shape index (κ1) is 16.5. The van der Waals surface area contributed by atoms with E-state index in [1.54, 1.807) is 7.11 Å². The van der Waals surface area contributed by atoms with E-state index in [9.17, 15) is 9.59 Å². The smallest absolute Gasteiger partial charge is 0.264 e. The number of carbonyl (C=O) groups is 2. The van der Waals surface area contributed by atoms with Crippen LogP contribution in [-0.2, 0) is 11.2 Å². The van der Waals surface area contributed by atoms with Crippen LogP contribution >= 0.6 is 11.3 Å². The second kappa shape index (κ2) is 7.49. The third-order valence-electron chi connectivity index (χ3n) is 4.19. The number of amides is 2. The van der Waals surface area contributed by atoms with Crippen molar-refractivity contribution in [2.45, 2.75) is 6.42 Å². The van der Waals surface area contributed by atoms with Gasteiger partial charge in [0.15, 0.2) is 0 Å². The van der Waals surface area contributed by atoms with Gasteiger partial charge in [0.1, 0.15) is 5.75 Å². The molecule has 0 spiro atoms. The topological polar surface area (TPSA) is 49.9 Å². The van der Waals surface area contributed by atoms with Gasteiger partial charge in [-0.1, -0.05) is 24.3 Å². The molecule has 0 radical (unpaired) electrons. The summed E-state index contributed by atoms with van der Waals surface area (Å²) in [5, 5.41) is 1.90. The fourth-order valence-corrected chi connectivity index (χ4v) is 3.53. The van der Waals surface area contributed by atoms with Crippen LogP contribution in [0.15, 0.2) is 41.8 Å². The first-order chi connectivity index (χ1) is 11.7. The molecule has 0 N–H and O–H groups in total. The van der Waals surface area contributed by atoms with Crippen molar-refractivity contribution >= 4 is 23.2 Å². The van der Waals surface area contributed by atoms with E-state index >= 15 is 0 Å². The van der Waals surface area contributed by atoms with E-state index in [-0.39, 0.29) is 11.8 Å². The molecule has 3 rings (SSSR count). The molecule has 6 heteroatoms. The molecule has 0 unspecified atom stereocenters. The lowest BCUT2D eigenvalue weighted by Gasteiger charge is -2.34. The Labute approximate surface area is 145 Å². The number of nitrogens with zero attached hydrogens (tertiary/aromatic N) is 2. The summed E-state index contributed by atoms with van der Waals surface area (Å²) in [5.74, 6) is 0.863. The number of thiophene rings is 1. The number of benzene rings is 1. The highest BCUT2D eigenvalue weighted by Gasteiger charge is 2.25. The third-order valence-corrected chi connectivity index (χ3v) is 5.04. The summed E-state index contributed by atoms with van der Waals surface area (Å²) in [6.07, 6.45) is 0.322. The quantitative estimate of drug-likeness (QED) is 0.855. The highest BCUT2D eigenvalue weighted by Crippen LogP contribution is 2.19. The van der Waals surface area contributed by atoms with Crippen LogP contribution in [0.5, 0.6) is 5.75 Å². The maximum absolute atomic E-state index is 12.5. The molecule has 0 atom stereocenters. The second-order valence-corrected chi connectivity index (χ2v) is 6.59. The molecule has 5 nitrogen and oxygen atoms in total. The number of para-hydroxylation sites is 1. The van der Waals surface area contributed by atoms with Crippen LogP contribution in [0.1, 0.15) is 15.2 Å². The lowest BCUT2D eigenvalue weighted by atomic mass is 10.1. The van der Waals surface area contributed by atoms with Crippen molar-refractivity contribution in [3.05, 3.63) is 52.2 Å². The van der Waals surface area contributed by atoms with Gasteiger partial charge in [-0.2, -0.15) is 0 Å². The van der Waals surface area contributed by atoms with Crippen LogP contribution < -0.4 is 4.74 Å². The minimum atomic E-state index is 0.0572. The van der Waals surface area contributed by atoms with Gasteiger partial charge in [0.25, 0.3) is 5.91 Å². The van der Waals surface area contributed by atoms with E-state index in [4.69, 9.17) is 4.74 Å². The van der Waals surface area contributed by atoms with Crippen molar-refractivity contribution in [2.24, 2.45) is 0 Å². The van der Waals surface area contributed by atoms with Gasteiger partial charge < -0.3 is 14.5 Å².